The van der Waals surface area contributed by atoms with Crippen LogP contribution in [0.4, 0.5) is 5.82 Å². The molecule has 1 N–H and O–H groups in total. The van der Waals surface area contributed by atoms with Crippen LogP contribution in [0.5, 0.6) is 5.75 Å². The first-order valence-electron chi connectivity index (χ1n) is 8.29. The van der Waals surface area contributed by atoms with Crippen molar-refractivity contribution in [3.05, 3.63) is 15.9 Å². The SMILES string of the molecule is CCOC(=O)c1c(O)c(N2CCOCC2)nn(CCC(C)C)c1=O. The largest absolute Gasteiger partial charge is 0.503 e. The number of esters is 1. The average molecular weight is 339 g/mol. The first kappa shape index (κ1) is 18.3. The van der Waals surface area contributed by atoms with E-state index < -0.39 is 17.3 Å². The second kappa shape index (κ2) is 8.14. The smallest absolute Gasteiger partial charge is 0.347 e. The maximum atomic E-state index is 12.6. The minimum Gasteiger partial charge on any atom is -0.503 e. The quantitative estimate of drug-likeness (QED) is 0.773. The Morgan fingerprint density at radius 2 is 2.04 bits per heavy atom. The lowest BCUT2D eigenvalue weighted by atomic mass is 10.1. The van der Waals surface area contributed by atoms with Crippen molar-refractivity contribution in [3.8, 4) is 5.75 Å². The van der Waals surface area contributed by atoms with E-state index in [4.69, 9.17) is 9.47 Å². The van der Waals surface area contributed by atoms with Crippen molar-refractivity contribution in [2.75, 3.05) is 37.8 Å². The molecule has 0 amide bonds. The van der Waals surface area contributed by atoms with Crippen molar-refractivity contribution in [2.24, 2.45) is 5.92 Å². The summed E-state index contributed by atoms with van der Waals surface area (Å²) in [5, 5.41) is 14.7. The van der Waals surface area contributed by atoms with Gasteiger partial charge >= 0.3 is 5.97 Å². The van der Waals surface area contributed by atoms with Crippen LogP contribution in [-0.4, -0.2) is 53.8 Å². The number of hydrogen-bond donors (Lipinski definition) is 1. The van der Waals surface area contributed by atoms with E-state index in [1.165, 1.54) is 4.68 Å². The highest BCUT2D eigenvalue weighted by molar-refractivity contribution is 5.93. The van der Waals surface area contributed by atoms with Crippen molar-refractivity contribution in [2.45, 2.75) is 33.7 Å². The van der Waals surface area contributed by atoms with Gasteiger partial charge in [-0.15, -0.1) is 5.10 Å². The highest BCUT2D eigenvalue weighted by Crippen LogP contribution is 2.27. The number of carbonyl (C=O) groups is 1. The summed E-state index contributed by atoms with van der Waals surface area (Å²) in [5.74, 6) is -0.633. The zero-order valence-corrected chi connectivity index (χ0v) is 14.4. The minimum atomic E-state index is -0.824. The van der Waals surface area contributed by atoms with Crippen molar-refractivity contribution in [1.82, 2.24) is 9.78 Å². The molecule has 0 aliphatic carbocycles. The van der Waals surface area contributed by atoms with Gasteiger partial charge in [-0.05, 0) is 19.3 Å². The summed E-state index contributed by atoms with van der Waals surface area (Å²) in [7, 11) is 0. The molecule has 8 nitrogen and oxygen atoms in total. The predicted molar refractivity (Wildman–Crippen MR) is 88.6 cm³/mol. The summed E-state index contributed by atoms with van der Waals surface area (Å²) in [6, 6.07) is 0. The summed E-state index contributed by atoms with van der Waals surface area (Å²) in [5.41, 5.74) is -0.972. The Morgan fingerprint density at radius 3 is 2.62 bits per heavy atom. The lowest BCUT2D eigenvalue weighted by Crippen LogP contribution is -2.39. The molecule has 8 heteroatoms. The van der Waals surface area contributed by atoms with E-state index in [9.17, 15) is 14.7 Å². The van der Waals surface area contributed by atoms with Crippen LogP contribution in [-0.2, 0) is 16.0 Å². The van der Waals surface area contributed by atoms with Crippen LogP contribution in [0.3, 0.4) is 0 Å². The number of aromatic nitrogens is 2. The number of carbonyl (C=O) groups excluding carboxylic acids is 1. The summed E-state index contributed by atoms with van der Waals surface area (Å²) in [4.78, 5) is 26.5. The number of hydrogen-bond acceptors (Lipinski definition) is 7. The fraction of sp³-hybridized carbons (Fsp3) is 0.688. The van der Waals surface area contributed by atoms with Crippen LogP contribution in [0.25, 0.3) is 0 Å². The summed E-state index contributed by atoms with van der Waals surface area (Å²) in [6.45, 7) is 8.30. The molecule has 1 aliphatic heterocycles. The topological polar surface area (TPSA) is 93.9 Å². The summed E-state index contributed by atoms with van der Waals surface area (Å²) >= 11 is 0. The minimum absolute atomic E-state index is 0.124. The molecule has 0 saturated carbocycles. The Hall–Kier alpha value is -2.09. The number of anilines is 1. The van der Waals surface area contributed by atoms with Gasteiger partial charge in [0.15, 0.2) is 17.1 Å². The molecule has 0 aromatic carbocycles. The third kappa shape index (κ3) is 4.05. The van der Waals surface area contributed by atoms with Gasteiger partial charge in [0.2, 0.25) is 0 Å². The molecule has 2 rings (SSSR count). The number of nitrogens with zero attached hydrogens (tertiary/aromatic N) is 3. The van der Waals surface area contributed by atoms with Crippen LogP contribution in [0.15, 0.2) is 4.79 Å². The fourth-order valence-electron chi connectivity index (χ4n) is 2.46. The van der Waals surface area contributed by atoms with E-state index in [0.29, 0.717) is 38.8 Å². The lowest BCUT2D eigenvalue weighted by molar-refractivity contribution is 0.0519. The molecule has 0 radical (unpaired) electrons. The van der Waals surface area contributed by atoms with Gasteiger partial charge in [-0.3, -0.25) is 4.79 Å². The predicted octanol–water partition coefficient (Wildman–Crippen LogP) is 1.01. The Kier molecular flexibility index (Phi) is 6.19. The van der Waals surface area contributed by atoms with Crippen molar-refractivity contribution < 1.29 is 19.4 Å². The molecule has 1 aliphatic rings. The Bertz CT molecular complexity index is 635. The molecule has 1 fully saturated rings. The van der Waals surface area contributed by atoms with Gasteiger partial charge in [0.25, 0.3) is 5.56 Å². The third-order valence-corrected chi connectivity index (χ3v) is 3.82. The summed E-state index contributed by atoms with van der Waals surface area (Å²) < 4.78 is 11.5. The second-order valence-corrected chi connectivity index (χ2v) is 6.08. The molecule has 0 bridgehead atoms. The molecular formula is C16H25N3O5. The van der Waals surface area contributed by atoms with Crippen molar-refractivity contribution in [3.63, 3.8) is 0 Å². The number of rotatable bonds is 6. The molecule has 24 heavy (non-hydrogen) atoms. The zero-order valence-electron chi connectivity index (χ0n) is 14.4. The highest BCUT2D eigenvalue weighted by atomic mass is 16.5. The molecule has 0 spiro atoms. The van der Waals surface area contributed by atoms with E-state index >= 15 is 0 Å². The van der Waals surface area contributed by atoms with E-state index in [-0.39, 0.29) is 18.0 Å². The van der Waals surface area contributed by atoms with E-state index in [2.05, 4.69) is 5.10 Å². The van der Waals surface area contributed by atoms with Gasteiger partial charge in [0, 0.05) is 19.6 Å². The number of aromatic hydroxyl groups is 1. The second-order valence-electron chi connectivity index (χ2n) is 6.08. The van der Waals surface area contributed by atoms with Crippen LogP contribution < -0.4 is 10.5 Å². The van der Waals surface area contributed by atoms with Gasteiger partial charge in [0.1, 0.15) is 0 Å². The maximum absolute atomic E-state index is 12.6. The van der Waals surface area contributed by atoms with Gasteiger partial charge in [-0.25, -0.2) is 9.48 Å². The first-order chi connectivity index (χ1) is 11.5. The molecule has 1 aromatic rings. The van der Waals surface area contributed by atoms with Gasteiger partial charge in [-0.2, -0.15) is 0 Å². The summed E-state index contributed by atoms with van der Waals surface area (Å²) in [6.07, 6.45) is 0.739. The Labute approximate surface area is 141 Å². The van der Waals surface area contributed by atoms with Crippen LogP contribution >= 0.6 is 0 Å². The van der Waals surface area contributed by atoms with E-state index in [1.807, 2.05) is 18.7 Å². The normalized spacial score (nSPS) is 14.9. The fourth-order valence-corrected chi connectivity index (χ4v) is 2.46. The monoisotopic (exact) mass is 339 g/mol. The lowest BCUT2D eigenvalue weighted by Gasteiger charge is -2.29. The molecular weight excluding hydrogens is 314 g/mol. The van der Waals surface area contributed by atoms with Gasteiger partial charge < -0.3 is 19.5 Å². The maximum Gasteiger partial charge on any atom is 0.347 e. The molecule has 2 heterocycles. The van der Waals surface area contributed by atoms with E-state index in [0.717, 1.165) is 6.42 Å². The molecule has 1 aromatic heterocycles. The van der Waals surface area contributed by atoms with Crippen LogP contribution in [0.1, 0.15) is 37.6 Å². The third-order valence-electron chi connectivity index (χ3n) is 3.82. The Morgan fingerprint density at radius 1 is 1.38 bits per heavy atom. The van der Waals surface area contributed by atoms with Crippen LogP contribution in [0, 0.1) is 5.92 Å². The molecule has 0 atom stereocenters. The average Bonchev–Trinajstić information content (AvgIpc) is 2.55. The first-order valence-corrected chi connectivity index (χ1v) is 8.29. The molecule has 0 unspecified atom stereocenters. The van der Waals surface area contributed by atoms with Crippen molar-refractivity contribution >= 4 is 11.8 Å². The number of morpholine rings is 1. The van der Waals surface area contributed by atoms with Crippen molar-refractivity contribution in [1.29, 1.82) is 0 Å². The number of ether oxygens (including phenoxy) is 2. The van der Waals surface area contributed by atoms with Gasteiger partial charge in [0.05, 0.1) is 19.8 Å². The standard InChI is InChI=1S/C16H25N3O5/c1-4-24-16(22)12-13(20)14(18-7-9-23-10-8-18)17-19(15(12)21)6-5-11(2)3/h11,20H,4-10H2,1-3H3. The highest BCUT2D eigenvalue weighted by Gasteiger charge is 2.27. The molecule has 1 saturated heterocycles. The Balaban J connectivity index is 2.48. The van der Waals surface area contributed by atoms with Gasteiger partial charge in [-0.1, -0.05) is 13.8 Å². The van der Waals surface area contributed by atoms with Crippen LogP contribution in [0.2, 0.25) is 0 Å². The van der Waals surface area contributed by atoms with E-state index in [1.54, 1.807) is 6.92 Å². The zero-order chi connectivity index (χ0) is 17.7. The molecule has 134 valence electrons. The number of aryl methyl sites for hydroxylation is 1.